The first-order chi connectivity index (χ1) is 8.08. The number of carbonyl (C=O) groups excluding carboxylic acids is 1. The van der Waals surface area contributed by atoms with Crippen LogP contribution in [0.5, 0.6) is 0 Å². The van der Waals surface area contributed by atoms with Gasteiger partial charge in [-0.3, -0.25) is 4.79 Å². The molecule has 0 aliphatic heterocycles. The van der Waals surface area contributed by atoms with Crippen LogP contribution in [-0.4, -0.2) is 5.78 Å². The maximum Gasteiger partial charge on any atom is 0.196 e. The average Bonchev–Trinajstić information content (AvgIpc) is 2.52. The van der Waals surface area contributed by atoms with Crippen LogP contribution in [-0.2, 0) is 0 Å². The standard InChI is InChI=1S/C14H10BrNO/c1-7-4-10-9-3-2-8(15)6-11(9)14(17)13(10)12(16)5-7/h2-6H,16H2,1H3. The van der Waals surface area contributed by atoms with Gasteiger partial charge in [0.2, 0.25) is 0 Å². The Morgan fingerprint density at radius 2 is 1.82 bits per heavy atom. The summed E-state index contributed by atoms with van der Waals surface area (Å²) in [6, 6.07) is 9.62. The van der Waals surface area contributed by atoms with Gasteiger partial charge in [0.15, 0.2) is 5.78 Å². The van der Waals surface area contributed by atoms with Gasteiger partial charge >= 0.3 is 0 Å². The molecule has 84 valence electrons. The number of benzene rings is 2. The second kappa shape index (κ2) is 3.44. The number of fused-ring (bicyclic) bond motifs is 3. The molecule has 2 N–H and O–H groups in total. The van der Waals surface area contributed by atoms with Crippen LogP contribution in [0.4, 0.5) is 5.69 Å². The summed E-state index contributed by atoms with van der Waals surface area (Å²) in [5, 5.41) is 0. The van der Waals surface area contributed by atoms with E-state index in [1.165, 1.54) is 0 Å². The number of hydrogen-bond acceptors (Lipinski definition) is 2. The number of nitrogens with two attached hydrogens (primary N) is 1. The summed E-state index contributed by atoms with van der Waals surface area (Å²) in [6.45, 7) is 1.98. The average molecular weight is 288 g/mol. The van der Waals surface area contributed by atoms with Gasteiger partial charge in [0.1, 0.15) is 0 Å². The van der Waals surface area contributed by atoms with Crippen molar-refractivity contribution >= 4 is 27.4 Å². The third kappa shape index (κ3) is 1.42. The lowest BCUT2D eigenvalue weighted by molar-refractivity contribution is 0.104. The van der Waals surface area contributed by atoms with E-state index in [4.69, 9.17) is 5.73 Å². The maximum atomic E-state index is 12.3. The normalized spacial score (nSPS) is 12.5. The van der Waals surface area contributed by atoms with E-state index >= 15 is 0 Å². The van der Waals surface area contributed by atoms with E-state index in [0.717, 1.165) is 26.7 Å². The molecule has 1 aliphatic rings. The van der Waals surface area contributed by atoms with Crippen molar-refractivity contribution in [1.82, 2.24) is 0 Å². The highest BCUT2D eigenvalue weighted by Crippen LogP contribution is 2.40. The van der Waals surface area contributed by atoms with Crippen LogP contribution in [0.2, 0.25) is 0 Å². The molecule has 0 fully saturated rings. The Morgan fingerprint density at radius 1 is 1.06 bits per heavy atom. The molecule has 2 aromatic rings. The van der Waals surface area contributed by atoms with Crippen LogP contribution in [0.25, 0.3) is 11.1 Å². The summed E-state index contributed by atoms with van der Waals surface area (Å²) in [5.41, 5.74) is 10.9. The molecule has 3 heteroatoms. The topological polar surface area (TPSA) is 43.1 Å². The lowest BCUT2D eigenvalue weighted by Gasteiger charge is -2.04. The van der Waals surface area contributed by atoms with E-state index in [2.05, 4.69) is 15.9 Å². The first kappa shape index (κ1) is 10.5. The lowest BCUT2D eigenvalue weighted by atomic mass is 10.0. The van der Waals surface area contributed by atoms with E-state index in [1.54, 1.807) is 0 Å². The molecular weight excluding hydrogens is 278 g/mol. The Labute approximate surface area is 108 Å². The van der Waals surface area contributed by atoms with Crippen molar-refractivity contribution in [2.24, 2.45) is 0 Å². The SMILES string of the molecule is Cc1cc(N)c2c(c1)-c1ccc(Br)cc1C2=O. The molecule has 0 unspecified atom stereocenters. The zero-order valence-corrected chi connectivity index (χ0v) is 10.8. The lowest BCUT2D eigenvalue weighted by Crippen LogP contribution is -2.01. The second-order valence-corrected chi connectivity index (χ2v) is 5.21. The highest BCUT2D eigenvalue weighted by Gasteiger charge is 2.28. The summed E-state index contributed by atoms with van der Waals surface area (Å²) in [5.74, 6) is 0.0220. The Morgan fingerprint density at radius 3 is 2.59 bits per heavy atom. The maximum absolute atomic E-state index is 12.3. The number of anilines is 1. The van der Waals surface area contributed by atoms with Crippen molar-refractivity contribution in [2.75, 3.05) is 5.73 Å². The third-order valence-electron chi connectivity index (χ3n) is 3.06. The van der Waals surface area contributed by atoms with Gasteiger partial charge in [0.05, 0.1) is 5.56 Å². The van der Waals surface area contributed by atoms with E-state index in [9.17, 15) is 4.79 Å². The number of halogens is 1. The molecule has 0 amide bonds. The molecule has 0 radical (unpaired) electrons. The van der Waals surface area contributed by atoms with Crippen LogP contribution < -0.4 is 5.73 Å². The molecule has 0 bridgehead atoms. The van der Waals surface area contributed by atoms with Gasteiger partial charge in [-0.1, -0.05) is 28.1 Å². The van der Waals surface area contributed by atoms with Crippen LogP contribution in [0.1, 0.15) is 21.5 Å². The third-order valence-corrected chi connectivity index (χ3v) is 3.55. The highest BCUT2D eigenvalue weighted by atomic mass is 79.9. The Balaban J connectivity index is 2.39. The molecule has 0 spiro atoms. The van der Waals surface area contributed by atoms with Crippen LogP contribution in [0.3, 0.4) is 0 Å². The zero-order valence-electron chi connectivity index (χ0n) is 9.25. The Kier molecular flexibility index (Phi) is 2.13. The number of ketones is 1. The number of rotatable bonds is 0. The van der Waals surface area contributed by atoms with Crippen LogP contribution >= 0.6 is 15.9 Å². The molecule has 3 rings (SSSR count). The summed E-state index contributed by atoms with van der Waals surface area (Å²) >= 11 is 3.39. The Hall–Kier alpha value is -1.61. The van der Waals surface area contributed by atoms with Gasteiger partial charge in [-0.15, -0.1) is 0 Å². The number of carbonyl (C=O) groups is 1. The fourth-order valence-electron chi connectivity index (χ4n) is 2.35. The predicted octanol–water partition coefficient (Wildman–Crippen LogP) is 3.55. The molecule has 0 saturated heterocycles. The number of aryl methyl sites for hydroxylation is 1. The minimum atomic E-state index is 0.0220. The molecule has 2 nitrogen and oxygen atoms in total. The van der Waals surface area contributed by atoms with Crippen molar-refractivity contribution in [3.05, 3.63) is 51.5 Å². The number of hydrogen-bond donors (Lipinski definition) is 1. The first-order valence-corrected chi connectivity index (χ1v) is 6.12. The summed E-state index contributed by atoms with van der Waals surface area (Å²) in [7, 11) is 0. The van der Waals surface area contributed by atoms with E-state index in [-0.39, 0.29) is 5.78 Å². The molecule has 0 saturated carbocycles. The highest BCUT2D eigenvalue weighted by molar-refractivity contribution is 9.10. The quantitative estimate of drug-likeness (QED) is 0.643. The molecule has 0 atom stereocenters. The van der Waals surface area contributed by atoms with Crippen LogP contribution in [0.15, 0.2) is 34.8 Å². The van der Waals surface area contributed by atoms with Gasteiger partial charge in [0, 0.05) is 15.7 Å². The van der Waals surface area contributed by atoms with Gasteiger partial charge in [-0.05, 0) is 41.8 Å². The van der Waals surface area contributed by atoms with Crippen molar-refractivity contribution in [2.45, 2.75) is 6.92 Å². The monoisotopic (exact) mass is 287 g/mol. The Bertz CT molecular complexity index is 662. The zero-order chi connectivity index (χ0) is 12.2. The fraction of sp³-hybridized carbons (Fsp3) is 0.0714. The molecule has 1 aliphatic carbocycles. The van der Waals surface area contributed by atoms with Crippen molar-refractivity contribution in [3.8, 4) is 11.1 Å². The largest absolute Gasteiger partial charge is 0.398 e. The first-order valence-electron chi connectivity index (χ1n) is 5.32. The predicted molar refractivity (Wildman–Crippen MR) is 72.2 cm³/mol. The van der Waals surface area contributed by atoms with Crippen molar-refractivity contribution in [3.63, 3.8) is 0 Å². The molecule has 0 heterocycles. The van der Waals surface area contributed by atoms with E-state index in [0.29, 0.717) is 11.3 Å². The molecular formula is C14H10BrNO. The summed E-state index contributed by atoms with van der Waals surface area (Å²) in [6.07, 6.45) is 0. The van der Waals surface area contributed by atoms with Crippen molar-refractivity contribution < 1.29 is 4.79 Å². The van der Waals surface area contributed by atoms with Gasteiger partial charge in [0.25, 0.3) is 0 Å². The van der Waals surface area contributed by atoms with Gasteiger partial charge < -0.3 is 5.73 Å². The summed E-state index contributed by atoms with van der Waals surface area (Å²) in [4.78, 5) is 12.3. The van der Waals surface area contributed by atoms with E-state index < -0.39 is 0 Å². The van der Waals surface area contributed by atoms with Gasteiger partial charge in [-0.25, -0.2) is 0 Å². The summed E-state index contributed by atoms with van der Waals surface area (Å²) < 4.78 is 0.910. The molecule has 2 aromatic carbocycles. The minimum Gasteiger partial charge on any atom is -0.398 e. The van der Waals surface area contributed by atoms with Gasteiger partial charge in [-0.2, -0.15) is 0 Å². The smallest absolute Gasteiger partial charge is 0.196 e. The molecule has 0 aromatic heterocycles. The van der Waals surface area contributed by atoms with Crippen LogP contribution in [0, 0.1) is 6.92 Å². The fourth-order valence-corrected chi connectivity index (χ4v) is 2.72. The molecule has 17 heavy (non-hydrogen) atoms. The van der Waals surface area contributed by atoms with Crippen molar-refractivity contribution in [1.29, 1.82) is 0 Å². The van der Waals surface area contributed by atoms with E-state index in [1.807, 2.05) is 37.3 Å². The second-order valence-electron chi connectivity index (χ2n) is 4.30. The number of nitrogen functional groups attached to an aromatic ring is 1. The minimum absolute atomic E-state index is 0.0220.